The minimum absolute atomic E-state index is 0. The summed E-state index contributed by atoms with van der Waals surface area (Å²) in [6.45, 7) is 7.80. The van der Waals surface area contributed by atoms with Gasteiger partial charge in [-0.25, -0.2) is 0 Å². The second-order valence-corrected chi connectivity index (χ2v) is 7.41. The Kier molecular flexibility index (Phi) is 36.3. The van der Waals surface area contributed by atoms with Crippen molar-refractivity contribution in [1.29, 1.82) is 0 Å². The zero-order valence-corrected chi connectivity index (χ0v) is 22.8. The van der Waals surface area contributed by atoms with E-state index in [-0.39, 0.29) is 46.6 Å². The molecule has 0 radical (unpaired) electrons. The maximum Gasteiger partial charge on any atom is 0.106 e. The molecule has 0 aromatic rings. The van der Waals surface area contributed by atoms with Crippen LogP contribution in [0, 0.1) is 0 Å². The van der Waals surface area contributed by atoms with Crippen LogP contribution in [0.4, 0.5) is 0 Å². The summed E-state index contributed by atoms with van der Waals surface area (Å²) in [6, 6.07) is 0. The van der Waals surface area contributed by atoms with Gasteiger partial charge < -0.3 is 20.4 Å². The summed E-state index contributed by atoms with van der Waals surface area (Å²) >= 11 is 0. The molecule has 9 heteroatoms. The Hall–Kier alpha value is 0.394. The molecular weight excluding hydrogens is 408 g/mol. The molecular formula is C20H52N4O4Ti. The largest absolute Gasteiger partial charge is 0.378 e. The molecule has 0 aliphatic rings. The monoisotopic (exact) mass is 460 g/mol. The molecule has 180 valence electrons. The van der Waals surface area contributed by atoms with E-state index in [1.165, 1.54) is 0 Å². The average Bonchev–Trinajstić information content (AvgIpc) is 2.66. The molecule has 0 amide bonds. The van der Waals surface area contributed by atoms with Crippen LogP contribution in [0.5, 0.6) is 0 Å². The minimum Gasteiger partial charge on any atom is -0.378 e. The smallest absolute Gasteiger partial charge is 0.106 e. The van der Waals surface area contributed by atoms with Crippen LogP contribution in [-0.2, 0) is 21.7 Å². The molecule has 0 saturated heterocycles. The molecule has 8 nitrogen and oxygen atoms in total. The molecule has 4 unspecified atom stereocenters. The van der Waals surface area contributed by atoms with Crippen LogP contribution in [0.25, 0.3) is 0 Å². The van der Waals surface area contributed by atoms with Crippen molar-refractivity contribution in [3.63, 3.8) is 0 Å². The predicted octanol–water partition coefficient (Wildman–Crippen LogP) is 1.10. The molecule has 0 aliphatic carbocycles. The van der Waals surface area contributed by atoms with Crippen molar-refractivity contribution < 1.29 is 42.1 Å². The van der Waals surface area contributed by atoms with E-state index >= 15 is 0 Å². The fourth-order valence-electron chi connectivity index (χ4n) is 1.46. The molecule has 4 atom stereocenters. The first-order chi connectivity index (χ1) is 12.7. The Morgan fingerprint density at radius 2 is 0.517 bits per heavy atom. The Balaban J connectivity index is -0.0000000873. The van der Waals surface area contributed by atoms with Gasteiger partial charge in [-0.15, -0.1) is 0 Å². The van der Waals surface area contributed by atoms with Gasteiger partial charge >= 0.3 is 0 Å². The first-order valence-corrected chi connectivity index (χ1v) is 10.1. The Morgan fingerprint density at radius 3 is 0.517 bits per heavy atom. The van der Waals surface area contributed by atoms with Crippen LogP contribution in [0.3, 0.4) is 0 Å². The summed E-state index contributed by atoms with van der Waals surface area (Å²) in [5.74, 6) is 0. The van der Waals surface area contributed by atoms with E-state index in [4.69, 9.17) is 20.4 Å². The summed E-state index contributed by atoms with van der Waals surface area (Å²) in [5, 5.41) is 35.4. The molecule has 29 heavy (non-hydrogen) atoms. The second kappa shape index (κ2) is 26.4. The molecule has 0 aromatic heterocycles. The third-order valence-corrected chi connectivity index (χ3v) is 3.84. The number of hydrogen-bond donors (Lipinski definition) is 4. The first kappa shape index (κ1) is 39.8. The number of nitrogens with zero attached hydrogens (tertiary/aromatic N) is 4. The summed E-state index contributed by atoms with van der Waals surface area (Å²) < 4.78 is 0. The Bertz CT molecular complexity index is 244. The van der Waals surface area contributed by atoms with Crippen LogP contribution >= 0.6 is 0 Å². The van der Waals surface area contributed by atoms with E-state index in [0.717, 1.165) is 25.7 Å². The maximum atomic E-state index is 8.86. The van der Waals surface area contributed by atoms with Gasteiger partial charge in [0.15, 0.2) is 0 Å². The molecule has 0 aliphatic heterocycles. The summed E-state index contributed by atoms with van der Waals surface area (Å²) in [7, 11) is 14.8. The van der Waals surface area contributed by atoms with Gasteiger partial charge in [-0.2, -0.15) is 0 Å². The topological polar surface area (TPSA) is 93.9 Å². The molecule has 0 spiro atoms. The molecule has 0 saturated carbocycles. The van der Waals surface area contributed by atoms with Gasteiger partial charge in [0.1, 0.15) is 24.9 Å². The Labute approximate surface area is 196 Å². The zero-order valence-electron chi connectivity index (χ0n) is 21.2. The van der Waals surface area contributed by atoms with E-state index in [1.54, 1.807) is 19.6 Å². The van der Waals surface area contributed by atoms with Crippen molar-refractivity contribution in [3.8, 4) is 0 Å². The first-order valence-electron chi connectivity index (χ1n) is 10.1. The van der Waals surface area contributed by atoms with Gasteiger partial charge in [0.2, 0.25) is 0 Å². The number of hydrogen-bond acceptors (Lipinski definition) is 8. The minimum atomic E-state index is -0.264. The van der Waals surface area contributed by atoms with Crippen molar-refractivity contribution >= 4 is 0 Å². The van der Waals surface area contributed by atoms with Gasteiger partial charge in [0.25, 0.3) is 0 Å². The molecule has 4 N–H and O–H groups in total. The second-order valence-electron chi connectivity index (χ2n) is 7.41. The van der Waals surface area contributed by atoms with Crippen molar-refractivity contribution in [2.24, 2.45) is 0 Å². The van der Waals surface area contributed by atoms with Crippen molar-refractivity contribution in [3.05, 3.63) is 0 Å². The summed E-state index contributed by atoms with van der Waals surface area (Å²) in [4.78, 5) is 7.11. The normalized spacial score (nSPS) is 14.5. The van der Waals surface area contributed by atoms with Crippen LogP contribution in [-0.4, -0.2) is 121 Å². The van der Waals surface area contributed by atoms with Crippen LogP contribution in [0.2, 0.25) is 0 Å². The fourth-order valence-corrected chi connectivity index (χ4v) is 1.46. The predicted molar refractivity (Wildman–Crippen MR) is 120 cm³/mol. The quantitative estimate of drug-likeness (QED) is 0.316. The van der Waals surface area contributed by atoms with Crippen LogP contribution in [0.15, 0.2) is 0 Å². The van der Waals surface area contributed by atoms with Gasteiger partial charge in [0, 0.05) is 21.7 Å². The molecule has 0 fully saturated rings. The number of rotatable bonds is 8. The number of aliphatic hydroxyl groups is 4. The summed E-state index contributed by atoms with van der Waals surface area (Å²) in [5.41, 5.74) is 0. The van der Waals surface area contributed by atoms with E-state index in [1.807, 2.05) is 84.1 Å². The zero-order chi connectivity index (χ0) is 23.4. The Morgan fingerprint density at radius 1 is 0.414 bits per heavy atom. The van der Waals surface area contributed by atoms with E-state index < -0.39 is 0 Å². The van der Waals surface area contributed by atoms with Crippen molar-refractivity contribution in [2.75, 3.05) is 56.4 Å². The van der Waals surface area contributed by atoms with Gasteiger partial charge in [0.05, 0.1) is 0 Å². The van der Waals surface area contributed by atoms with E-state index in [2.05, 4.69) is 0 Å². The molecule has 0 heterocycles. The summed E-state index contributed by atoms with van der Waals surface area (Å²) in [6.07, 6.45) is 2.14. The third kappa shape index (κ3) is 33.2. The average molecular weight is 461 g/mol. The fraction of sp³-hybridized carbons (Fsp3) is 1.00. The van der Waals surface area contributed by atoms with Crippen LogP contribution < -0.4 is 0 Å². The third-order valence-electron chi connectivity index (χ3n) is 3.84. The SMILES string of the molecule is CCC(O)N(C)C.CCC(O)N(C)C.CCC(O)N(C)C.CCC(O)N(C)C.[Ti]. The molecule has 0 aromatic carbocycles. The standard InChI is InChI=1S/4C5H13NO.Ti/c4*1-4-5(7)6(2)3;/h4*5,7H,4H2,1-3H3;. The maximum absolute atomic E-state index is 8.86. The molecule has 0 rings (SSSR count). The number of aliphatic hydroxyl groups excluding tert-OH is 4. The molecule has 0 bridgehead atoms. The van der Waals surface area contributed by atoms with E-state index in [9.17, 15) is 0 Å². The van der Waals surface area contributed by atoms with Gasteiger partial charge in [-0.1, -0.05) is 27.7 Å². The van der Waals surface area contributed by atoms with Crippen molar-refractivity contribution in [2.45, 2.75) is 78.3 Å². The van der Waals surface area contributed by atoms with Gasteiger partial charge in [-0.05, 0) is 82.1 Å². The van der Waals surface area contributed by atoms with Gasteiger partial charge in [-0.3, -0.25) is 19.6 Å². The van der Waals surface area contributed by atoms with Crippen molar-refractivity contribution in [1.82, 2.24) is 19.6 Å². The van der Waals surface area contributed by atoms with Crippen LogP contribution in [0.1, 0.15) is 53.4 Å². The van der Waals surface area contributed by atoms with E-state index in [0.29, 0.717) is 0 Å².